The third-order valence-corrected chi connectivity index (χ3v) is 6.37. The molecule has 0 unspecified atom stereocenters. The minimum atomic E-state index is 0.356. The average molecular weight is 379 g/mol. The van der Waals surface area contributed by atoms with Crippen molar-refractivity contribution in [3.8, 4) is 11.5 Å². The lowest BCUT2D eigenvalue weighted by Crippen LogP contribution is -2.14. The number of methoxy groups -OCH3 is 2. The van der Waals surface area contributed by atoms with Crippen molar-refractivity contribution in [1.82, 2.24) is 0 Å². The Bertz CT molecular complexity index is 718. The van der Waals surface area contributed by atoms with E-state index in [0.717, 1.165) is 11.5 Å². The monoisotopic (exact) mass is 378 g/mol. The predicted molar refractivity (Wildman–Crippen MR) is 111 cm³/mol. The summed E-state index contributed by atoms with van der Waals surface area (Å²) < 4.78 is 10.6. The van der Waals surface area contributed by atoms with Crippen LogP contribution in [0.3, 0.4) is 0 Å². The molecule has 2 saturated carbocycles. The van der Waals surface area contributed by atoms with Gasteiger partial charge in [-0.1, -0.05) is 24.3 Å². The molecule has 2 aromatic rings. The third kappa shape index (κ3) is 4.57. The fourth-order valence-corrected chi connectivity index (χ4v) is 4.39. The molecule has 0 heterocycles. The topological polar surface area (TPSA) is 35.5 Å². The quantitative estimate of drug-likeness (QED) is 0.529. The summed E-state index contributed by atoms with van der Waals surface area (Å²) in [6.07, 6.45) is 6.30. The van der Waals surface area contributed by atoms with Crippen molar-refractivity contribution in [1.29, 1.82) is 0 Å². The summed E-state index contributed by atoms with van der Waals surface area (Å²) in [5, 5.41) is 0. The maximum absolute atomic E-state index is 13.1. The molecule has 2 fully saturated rings. The van der Waals surface area contributed by atoms with Crippen molar-refractivity contribution in [2.75, 3.05) is 14.2 Å². The molecule has 3 heteroatoms. The zero-order valence-corrected chi connectivity index (χ0v) is 16.9. The third-order valence-electron chi connectivity index (χ3n) is 6.37. The van der Waals surface area contributed by atoms with Gasteiger partial charge in [0.25, 0.3) is 0 Å². The van der Waals surface area contributed by atoms with E-state index in [0.29, 0.717) is 42.3 Å². The number of carbonyl (C=O) groups excluding carboxylic acids is 1. The zero-order chi connectivity index (χ0) is 19.5. The van der Waals surface area contributed by atoms with Gasteiger partial charge in [-0.3, -0.25) is 4.79 Å². The van der Waals surface area contributed by atoms with Crippen molar-refractivity contribution in [3.05, 3.63) is 59.7 Å². The lowest BCUT2D eigenvalue weighted by Gasteiger charge is -2.20. The molecule has 2 atom stereocenters. The maximum Gasteiger partial charge on any atom is 0.134 e. The Morgan fingerprint density at radius 3 is 1.39 bits per heavy atom. The molecule has 0 saturated heterocycles. The molecule has 3 nitrogen and oxygen atoms in total. The summed E-state index contributed by atoms with van der Waals surface area (Å²) in [7, 11) is 3.38. The Balaban J connectivity index is 1.44. The number of ketones is 1. The van der Waals surface area contributed by atoms with Gasteiger partial charge < -0.3 is 9.47 Å². The Labute approximate surface area is 168 Å². The summed E-state index contributed by atoms with van der Waals surface area (Å²) in [4.78, 5) is 13.1. The van der Waals surface area contributed by atoms with Crippen LogP contribution in [0, 0.1) is 11.8 Å². The number of rotatable bonds is 10. The van der Waals surface area contributed by atoms with Crippen molar-refractivity contribution < 1.29 is 14.3 Å². The first-order valence-electron chi connectivity index (χ1n) is 10.5. The fraction of sp³-hybridized carbons (Fsp3) is 0.480. The van der Waals surface area contributed by atoms with Gasteiger partial charge >= 0.3 is 0 Å². The van der Waals surface area contributed by atoms with Gasteiger partial charge in [0.05, 0.1) is 14.2 Å². The second-order valence-electron chi connectivity index (χ2n) is 8.38. The molecule has 0 radical (unpaired) electrons. The molecule has 0 amide bonds. The lowest BCUT2D eigenvalue weighted by molar-refractivity contribution is -0.120. The number of hydrogen-bond donors (Lipinski definition) is 0. The van der Waals surface area contributed by atoms with Gasteiger partial charge in [-0.2, -0.15) is 0 Å². The Kier molecular flexibility index (Phi) is 5.70. The van der Waals surface area contributed by atoms with Crippen molar-refractivity contribution in [2.45, 2.75) is 50.4 Å². The molecule has 2 aliphatic carbocycles. The summed E-state index contributed by atoms with van der Waals surface area (Å²) in [6.45, 7) is 0. The number of ether oxygens (including phenoxy) is 2. The summed E-state index contributed by atoms with van der Waals surface area (Å²) in [6, 6.07) is 16.6. The van der Waals surface area contributed by atoms with Crippen LogP contribution >= 0.6 is 0 Å². The Morgan fingerprint density at radius 1 is 0.750 bits per heavy atom. The fourth-order valence-electron chi connectivity index (χ4n) is 4.39. The van der Waals surface area contributed by atoms with Gasteiger partial charge in [0, 0.05) is 12.8 Å². The van der Waals surface area contributed by atoms with Gasteiger partial charge in [0.15, 0.2) is 0 Å². The normalized spacial score (nSPS) is 18.4. The van der Waals surface area contributed by atoms with Crippen LogP contribution in [0.2, 0.25) is 0 Å². The highest BCUT2D eigenvalue weighted by atomic mass is 16.5. The van der Waals surface area contributed by atoms with Crippen LogP contribution in [-0.2, 0) is 4.79 Å². The van der Waals surface area contributed by atoms with Gasteiger partial charge in [-0.05, 0) is 84.7 Å². The average Bonchev–Trinajstić information content (AvgIpc) is 3.64. The standard InChI is InChI=1S/C25H30O3/c1-27-22-11-7-19(8-12-22)24(17-3-4-17)15-21(26)16-25(18-5-6-18)20-9-13-23(28-2)14-10-20/h7-14,17-18,24-25H,3-6,15-16H2,1-2H3/t24-,25-/m0/s1. The SMILES string of the molecule is COc1ccc([C@@H](CC(=O)C[C@H](c2ccc(OC)cc2)C2CC2)C2CC2)cc1. The molecule has 0 N–H and O–H groups in total. The highest BCUT2D eigenvalue weighted by Gasteiger charge is 2.37. The van der Waals surface area contributed by atoms with E-state index in [-0.39, 0.29) is 0 Å². The number of benzene rings is 2. The van der Waals surface area contributed by atoms with E-state index in [1.54, 1.807) is 14.2 Å². The Hall–Kier alpha value is -2.29. The van der Waals surface area contributed by atoms with Crippen LogP contribution in [0.25, 0.3) is 0 Å². The minimum Gasteiger partial charge on any atom is -0.497 e. The predicted octanol–water partition coefficient (Wildman–Crippen LogP) is 5.74. The molecular weight excluding hydrogens is 348 g/mol. The van der Waals surface area contributed by atoms with E-state index in [2.05, 4.69) is 24.3 Å². The maximum atomic E-state index is 13.1. The van der Waals surface area contributed by atoms with E-state index < -0.39 is 0 Å². The summed E-state index contributed by atoms with van der Waals surface area (Å²) >= 11 is 0. The van der Waals surface area contributed by atoms with Crippen LogP contribution in [0.15, 0.2) is 48.5 Å². The number of carbonyl (C=O) groups is 1. The van der Waals surface area contributed by atoms with E-state index in [1.165, 1.54) is 36.8 Å². The van der Waals surface area contributed by atoms with Gasteiger partial charge in [-0.15, -0.1) is 0 Å². The van der Waals surface area contributed by atoms with Crippen LogP contribution in [0.4, 0.5) is 0 Å². The van der Waals surface area contributed by atoms with Gasteiger partial charge in [0.2, 0.25) is 0 Å². The lowest BCUT2D eigenvalue weighted by atomic mass is 9.84. The number of hydrogen-bond acceptors (Lipinski definition) is 3. The van der Waals surface area contributed by atoms with Crippen LogP contribution in [-0.4, -0.2) is 20.0 Å². The molecule has 0 aliphatic heterocycles. The van der Waals surface area contributed by atoms with Gasteiger partial charge in [0.1, 0.15) is 17.3 Å². The largest absolute Gasteiger partial charge is 0.497 e. The van der Waals surface area contributed by atoms with Crippen LogP contribution in [0.1, 0.15) is 61.5 Å². The van der Waals surface area contributed by atoms with Crippen molar-refractivity contribution in [2.24, 2.45) is 11.8 Å². The highest BCUT2D eigenvalue weighted by molar-refractivity contribution is 5.80. The molecule has 2 aromatic carbocycles. The Morgan fingerprint density at radius 2 is 1.11 bits per heavy atom. The summed E-state index contributed by atoms with van der Waals surface area (Å²) in [5.74, 6) is 4.19. The first-order chi connectivity index (χ1) is 13.7. The van der Waals surface area contributed by atoms with Gasteiger partial charge in [-0.25, -0.2) is 0 Å². The second-order valence-corrected chi connectivity index (χ2v) is 8.38. The molecule has 0 aromatic heterocycles. The first-order valence-corrected chi connectivity index (χ1v) is 10.5. The smallest absolute Gasteiger partial charge is 0.134 e. The van der Waals surface area contributed by atoms with Crippen molar-refractivity contribution >= 4 is 5.78 Å². The molecule has 28 heavy (non-hydrogen) atoms. The van der Waals surface area contributed by atoms with Crippen LogP contribution < -0.4 is 9.47 Å². The van der Waals surface area contributed by atoms with E-state index in [1.807, 2.05) is 24.3 Å². The molecule has 0 bridgehead atoms. The summed E-state index contributed by atoms with van der Waals surface area (Å²) in [5.41, 5.74) is 2.56. The zero-order valence-electron chi connectivity index (χ0n) is 16.9. The van der Waals surface area contributed by atoms with Crippen LogP contribution in [0.5, 0.6) is 11.5 Å². The van der Waals surface area contributed by atoms with E-state index >= 15 is 0 Å². The van der Waals surface area contributed by atoms with Crippen molar-refractivity contribution in [3.63, 3.8) is 0 Å². The molecular formula is C25H30O3. The molecule has 4 rings (SSSR count). The molecule has 148 valence electrons. The minimum absolute atomic E-state index is 0.356. The second kappa shape index (κ2) is 8.38. The van der Waals surface area contributed by atoms with E-state index in [4.69, 9.17) is 9.47 Å². The number of Topliss-reactive ketones (excluding diaryl/α,β-unsaturated/α-hetero) is 1. The van der Waals surface area contributed by atoms with E-state index in [9.17, 15) is 4.79 Å². The first kappa shape index (κ1) is 19.0. The molecule has 2 aliphatic rings. The highest BCUT2D eigenvalue weighted by Crippen LogP contribution is 2.48. The molecule has 0 spiro atoms.